The molecule has 0 aliphatic heterocycles. The van der Waals surface area contributed by atoms with Crippen LogP contribution >= 0.6 is 24.0 Å². The van der Waals surface area contributed by atoms with Crippen molar-refractivity contribution in [2.45, 2.75) is 26.4 Å². The monoisotopic (exact) mass is 550 g/mol. The van der Waals surface area contributed by atoms with E-state index in [-0.39, 0.29) is 24.0 Å². The van der Waals surface area contributed by atoms with Crippen LogP contribution in [-0.4, -0.2) is 47.6 Å². The summed E-state index contributed by atoms with van der Waals surface area (Å²) in [5.41, 5.74) is 2.20. The van der Waals surface area contributed by atoms with Crippen LogP contribution < -0.4 is 15.4 Å². The number of halogens is 1. The van der Waals surface area contributed by atoms with E-state index in [1.807, 2.05) is 55.6 Å². The van der Waals surface area contributed by atoms with E-state index >= 15 is 0 Å². The molecule has 0 radical (unpaired) electrons. The molecular weight excluding hydrogens is 519 g/mol. The zero-order chi connectivity index (χ0) is 21.7. The van der Waals surface area contributed by atoms with Crippen molar-refractivity contribution in [3.05, 3.63) is 72.2 Å². The second-order valence-corrected chi connectivity index (χ2v) is 6.82. The molecule has 3 aromatic rings. The van der Waals surface area contributed by atoms with Gasteiger partial charge in [-0.15, -0.1) is 24.0 Å². The first-order chi connectivity index (χ1) is 15.3. The number of pyridine rings is 1. The van der Waals surface area contributed by atoms with Crippen LogP contribution in [0, 0.1) is 0 Å². The zero-order valence-corrected chi connectivity index (χ0v) is 20.9. The number of nitrogens with one attached hydrogen (secondary N) is 2. The van der Waals surface area contributed by atoms with Gasteiger partial charge in [0.2, 0.25) is 0 Å². The van der Waals surface area contributed by atoms with E-state index in [0.29, 0.717) is 13.1 Å². The van der Waals surface area contributed by atoms with Gasteiger partial charge < -0.3 is 20.1 Å². The minimum absolute atomic E-state index is 0. The van der Waals surface area contributed by atoms with E-state index in [2.05, 4.69) is 20.7 Å². The number of guanidine groups is 1. The van der Waals surface area contributed by atoms with Gasteiger partial charge in [0.15, 0.2) is 11.8 Å². The SMILES string of the molecule is CCOCCCNC(=NCc1ccnc(-n2cccn2)c1)NCc1ccc(OC)cc1.I. The Morgan fingerprint density at radius 1 is 1.09 bits per heavy atom. The van der Waals surface area contributed by atoms with Gasteiger partial charge in [0.1, 0.15) is 5.75 Å². The Hall–Kier alpha value is -2.66. The minimum Gasteiger partial charge on any atom is -0.497 e. The average molecular weight is 550 g/mol. The lowest BCUT2D eigenvalue weighted by Gasteiger charge is -2.13. The predicted octanol–water partition coefficient (Wildman–Crippen LogP) is 3.56. The Morgan fingerprint density at radius 3 is 2.66 bits per heavy atom. The second kappa shape index (κ2) is 14.4. The molecule has 0 fully saturated rings. The molecule has 172 valence electrons. The molecule has 3 rings (SSSR count). The number of rotatable bonds is 11. The predicted molar refractivity (Wildman–Crippen MR) is 137 cm³/mol. The van der Waals surface area contributed by atoms with Gasteiger partial charge >= 0.3 is 0 Å². The lowest BCUT2D eigenvalue weighted by molar-refractivity contribution is 0.145. The fourth-order valence-electron chi connectivity index (χ4n) is 2.89. The van der Waals surface area contributed by atoms with Crippen molar-refractivity contribution in [2.75, 3.05) is 26.9 Å². The summed E-state index contributed by atoms with van der Waals surface area (Å²) in [4.78, 5) is 9.13. The summed E-state index contributed by atoms with van der Waals surface area (Å²) in [6.07, 6.45) is 6.30. The van der Waals surface area contributed by atoms with Crippen LogP contribution in [0.25, 0.3) is 5.82 Å². The largest absolute Gasteiger partial charge is 0.497 e. The lowest BCUT2D eigenvalue weighted by atomic mass is 10.2. The summed E-state index contributed by atoms with van der Waals surface area (Å²) >= 11 is 0. The minimum atomic E-state index is 0. The number of hydrogen-bond donors (Lipinski definition) is 2. The highest BCUT2D eigenvalue weighted by molar-refractivity contribution is 14.0. The van der Waals surface area contributed by atoms with Crippen LogP contribution in [0.2, 0.25) is 0 Å². The Morgan fingerprint density at radius 2 is 1.94 bits per heavy atom. The molecule has 0 aliphatic carbocycles. The molecule has 0 saturated heterocycles. The average Bonchev–Trinajstić information content (AvgIpc) is 3.36. The second-order valence-electron chi connectivity index (χ2n) is 6.82. The molecular formula is C23H31IN6O2. The fraction of sp³-hybridized carbons (Fsp3) is 0.348. The maximum atomic E-state index is 5.42. The normalized spacial score (nSPS) is 11.0. The van der Waals surface area contributed by atoms with Crippen LogP contribution in [-0.2, 0) is 17.8 Å². The molecule has 0 aliphatic rings. The lowest BCUT2D eigenvalue weighted by Crippen LogP contribution is -2.37. The van der Waals surface area contributed by atoms with Gasteiger partial charge in [-0.25, -0.2) is 14.7 Å². The van der Waals surface area contributed by atoms with E-state index < -0.39 is 0 Å². The molecule has 2 N–H and O–H groups in total. The molecule has 0 spiro atoms. The van der Waals surface area contributed by atoms with E-state index in [9.17, 15) is 0 Å². The van der Waals surface area contributed by atoms with E-state index in [0.717, 1.165) is 54.8 Å². The van der Waals surface area contributed by atoms with Crippen molar-refractivity contribution in [1.29, 1.82) is 0 Å². The summed E-state index contributed by atoms with van der Waals surface area (Å²) in [5.74, 6) is 2.37. The molecule has 0 saturated carbocycles. The van der Waals surface area contributed by atoms with Crippen LogP contribution in [0.15, 0.2) is 66.0 Å². The summed E-state index contributed by atoms with van der Waals surface area (Å²) < 4.78 is 12.4. The first-order valence-electron chi connectivity index (χ1n) is 10.5. The summed E-state index contributed by atoms with van der Waals surface area (Å²) in [6.45, 7) is 5.44. The molecule has 0 atom stereocenters. The fourth-order valence-corrected chi connectivity index (χ4v) is 2.89. The van der Waals surface area contributed by atoms with Crippen molar-refractivity contribution in [3.63, 3.8) is 0 Å². The summed E-state index contributed by atoms with van der Waals surface area (Å²) in [5, 5.41) is 11.0. The Labute approximate surface area is 206 Å². The molecule has 0 unspecified atom stereocenters. The molecule has 0 amide bonds. The van der Waals surface area contributed by atoms with Gasteiger partial charge in [-0.1, -0.05) is 12.1 Å². The van der Waals surface area contributed by atoms with Gasteiger partial charge in [-0.2, -0.15) is 5.10 Å². The Bertz CT molecular complexity index is 932. The van der Waals surface area contributed by atoms with Crippen molar-refractivity contribution >= 4 is 29.9 Å². The zero-order valence-electron chi connectivity index (χ0n) is 18.5. The van der Waals surface area contributed by atoms with Crippen molar-refractivity contribution in [3.8, 4) is 11.6 Å². The Kier molecular flexibility index (Phi) is 11.5. The summed E-state index contributed by atoms with van der Waals surface area (Å²) in [7, 11) is 1.67. The number of nitrogens with zero attached hydrogens (tertiary/aromatic N) is 4. The standard InChI is InChI=1S/C23H30N6O2.HI/c1-3-31-15-5-11-25-23(26-17-19-6-8-21(30-2)9-7-19)27-18-20-10-13-24-22(16-20)29-14-4-12-28-29;/h4,6-10,12-14,16H,3,5,11,15,17-18H2,1-2H3,(H2,25,26,27);1H. The third-order valence-corrected chi connectivity index (χ3v) is 4.55. The maximum absolute atomic E-state index is 5.42. The van der Waals surface area contributed by atoms with Crippen LogP contribution in [0.1, 0.15) is 24.5 Å². The highest BCUT2D eigenvalue weighted by Gasteiger charge is 2.03. The van der Waals surface area contributed by atoms with Gasteiger partial charge in [-0.3, -0.25) is 0 Å². The van der Waals surface area contributed by atoms with Gasteiger partial charge in [0.25, 0.3) is 0 Å². The third-order valence-electron chi connectivity index (χ3n) is 4.55. The number of aliphatic imine (C=N–C) groups is 1. The number of aromatic nitrogens is 3. The van der Waals surface area contributed by atoms with Gasteiger partial charge in [-0.05, 0) is 54.8 Å². The molecule has 32 heavy (non-hydrogen) atoms. The molecule has 8 nitrogen and oxygen atoms in total. The Balaban J connectivity index is 0.00000363. The molecule has 2 aromatic heterocycles. The van der Waals surface area contributed by atoms with Crippen molar-refractivity contribution in [2.24, 2.45) is 4.99 Å². The molecule has 9 heteroatoms. The first kappa shape index (κ1) is 25.6. The van der Waals surface area contributed by atoms with Gasteiger partial charge in [0, 0.05) is 44.9 Å². The smallest absolute Gasteiger partial charge is 0.191 e. The van der Waals surface area contributed by atoms with Crippen molar-refractivity contribution in [1.82, 2.24) is 25.4 Å². The molecule has 0 bridgehead atoms. The third kappa shape index (κ3) is 8.46. The van der Waals surface area contributed by atoms with Crippen LogP contribution in [0.3, 0.4) is 0 Å². The quantitative estimate of drug-likeness (QED) is 0.165. The maximum Gasteiger partial charge on any atom is 0.191 e. The first-order valence-corrected chi connectivity index (χ1v) is 10.5. The van der Waals surface area contributed by atoms with Gasteiger partial charge in [0.05, 0.1) is 13.7 Å². The van der Waals surface area contributed by atoms with Crippen LogP contribution in [0.4, 0.5) is 0 Å². The number of benzene rings is 1. The number of methoxy groups -OCH3 is 1. The summed E-state index contributed by atoms with van der Waals surface area (Å²) in [6, 6.07) is 13.8. The highest BCUT2D eigenvalue weighted by Crippen LogP contribution is 2.11. The molecule has 2 heterocycles. The number of hydrogen-bond acceptors (Lipinski definition) is 5. The molecule has 1 aromatic carbocycles. The van der Waals surface area contributed by atoms with E-state index in [1.54, 1.807) is 24.2 Å². The van der Waals surface area contributed by atoms with Crippen LogP contribution in [0.5, 0.6) is 5.75 Å². The van der Waals surface area contributed by atoms with Crippen molar-refractivity contribution < 1.29 is 9.47 Å². The van der Waals surface area contributed by atoms with E-state index in [4.69, 9.17) is 14.5 Å². The highest BCUT2D eigenvalue weighted by atomic mass is 127. The topological polar surface area (TPSA) is 85.6 Å². The number of ether oxygens (including phenoxy) is 2. The van der Waals surface area contributed by atoms with E-state index in [1.165, 1.54) is 0 Å².